The van der Waals surface area contributed by atoms with Gasteiger partial charge in [0.05, 0.1) is 16.6 Å². The van der Waals surface area contributed by atoms with Crippen molar-refractivity contribution in [2.75, 3.05) is 0 Å². The van der Waals surface area contributed by atoms with Gasteiger partial charge in [-0.3, -0.25) is 4.57 Å². The molecule has 1 heterocycles. The van der Waals surface area contributed by atoms with Crippen molar-refractivity contribution < 1.29 is 9.90 Å². The van der Waals surface area contributed by atoms with Crippen molar-refractivity contribution in [3.8, 4) is 5.69 Å². The molecule has 0 aliphatic rings. The monoisotopic (exact) mass is 392 g/mol. The topological polar surface area (TPSA) is 55.1 Å². The molecule has 2 aromatic carbocycles. The summed E-state index contributed by atoms with van der Waals surface area (Å²) < 4.78 is 3.16. The average Bonchev–Trinajstić information content (AvgIpc) is 2.84. The summed E-state index contributed by atoms with van der Waals surface area (Å²) in [5, 5.41) is 9.18. The van der Waals surface area contributed by atoms with Gasteiger partial charge in [-0.2, -0.15) is 0 Å². The standard InChI is InChI=1S/C16H13IN2O2/c1-2-15-18-13-7-6-10(16(20)21)8-14(13)19(15)12-5-3-4-11(17)9-12/h3-9H,2H2,1H3,(H,20,21). The van der Waals surface area contributed by atoms with Crippen LogP contribution >= 0.6 is 22.6 Å². The molecule has 4 nitrogen and oxygen atoms in total. The SMILES string of the molecule is CCc1nc2ccc(C(=O)O)cc2n1-c1cccc(I)c1. The maximum absolute atomic E-state index is 11.2. The Labute approximate surface area is 135 Å². The van der Waals surface area contributed by atoms with Gasteiger partial charge in [0.15, 0.2) is 0 Å². The molecule has 0 bridgehead atoms. The maximum Gasteiger partial charge on any atom is 0.335 e. The van der Waals surface area contributed by atoms with Crippen LogP contribution in [-0.2, 0) is 6.42 Å². The van der Waals surface area contributed by atoms with Gasteiger partial charge in [0.2, 0.25) is 0 Å². The molecule has 21 heavy (non-hydrogen) atoms. The lowest BCUT2D eigenvalue weighted by atomic mass is 10.2. The summed E-state index contributed by atoms with van der Waals surface area (Å²) in [7, 11) is 0. The number of benzene rings is 2. The van der Waals surface area contributed by atoms with Crippen molar-refractivity contribution in [3.63, 3.8) is 0 Å². The first-order chi connectivity index (χ1) is 10.1. The van der Waals surface area contributed by atoms with Gasteiger partial charge >= 0.3 is 5.97 Å². The van der Waals surface area contributed by atoms with Crippen molar-refractivity contribution in [1.29, 1.82) is 0 Å². The van der Waals surface area contributed by atoms with Crippen LogP contribution in [-0.4, -0.2) is 20.6 Å². The van der Waals surface area contributed by atoms with Crippen LogP contribution < -0.4 is 0 Å². The van der Waals surface area contributed by atoms with Crippen LogP contribution in [0.3, 0.4) is 0 Å². The summed E-state index contributed by atoms with van der Waals surface area (Å²) in [6.45, 7) is 2.05. The highest BCUT2D eigenvalue weighted by Crippen LogP contribution is 2.24. The number of aromatic carboxylic acids is 1. The van der Waals surface area contributed by atoms with Crippen LogP contribution in [0.2, 0.25) is 0 Å². The van der Waals surface area contributed by atoms with Gasteiger partial charge in [-0.25, -0.2) is 9.78 Å². The molecule has 106 valence electrons. The summed E-state index contributed by atoms with van der Waals surface area (Å²) in [5.74, 6) is -0.000112. The predicted molar refractivity (Wildman–Crippen MR) is 90.1 cm³/mol. The van der Waals surface area contributed by atoms with Crippen LogP contribution in [0.15, 0.2) is 42.5 Å². The van der Waals surface area contributed by atoms with Gasteiger partial charge in [-0.05, 0) is 59.0 Å². The minimum absolute atomic E-state index is 0.275. The lowest BCUT2D eigenvalue weighted by Crippen LogP contribution is -2.01. The number of aryl methyl sites for hydroxylation is 1. The van der Waals surface area contributed by atoms with E-state index in [1.807, 2.05) is 29.7 Å². The number of carboxylic acid groups (broad SMARTS) is 1. The highest BCUT2D eigenvalue weighted by atomic mass is 127. The Bertz CT molecular complexity index is 839. The number of carboxylic acids is 1. The molecule has 0 spiro atoms. The van der Waals surface area contributed by atoms with Crippen LogP contribution in [0.4, 0.5) is 0 Å². The highest BCUT2D eigenvalue weighted by molar-refractivity contribution is 14.1. The van der Waals surface area contributed by atoms with Crippen molar-refractivity contribution in [2.24, 2.45) is 0 Å². The summed E-state index contributed by atoms with van der Waals surface area (Å²) in [5.41, 5.74) is 2.92. The second-order valence-corrected chi connectivity index (χ2v) is 5.95. The first-order valence-corrected chi connectivity index (χ1v) is 7.68. The van der Waals surface area contributed by atoms with E-state index in [-0.39, 0.29) is 5.56 Å². The fourth-order valence-electron chi connectivity index (χ4n) is 2.40. The lowest BCUT2D eigenvalue weighted by molar-refractivity contribution is 0.0697. The Hall–Kier alpha value is -1.89. The van der Waals surface area contributed by atoms with Crippen molar-refractivity contribution in [3.05, 3.63) is 57.4 Å². The Morgan fingerprint density at radius 2 is 2.10 bits per heavy atom. The number of imidazole rings is 1. The molecule has 3 rings (SSSR count). The third-order valence-corrected chi connectivity index (χ3v) is 4.02. The van der Waals surface area contributed by atoms with Crippen LogP contribution in [0.1, 0.15) is 23.1 Å². The van der Waals surface area contributed by atoms with Gasteiger partial charge in [0, 0.05) is 15.7 Å². The molecule has 1 N–H and O–H groups in total. The molecule has 0 saturated carbocycles. The van der Waals surface area contributed by atoms with Gasteiger partial charge in [0.25, 0.3) is 0 Å². The molecule has 0 unspecified atom stereocenters. The summed E-state index contributed by atoms with van der Waals surface area (Å²) in [4.78, 5) is 15.8. The zero-order chi connectivity index (χ0) is 15.0. The number of nitrogens with zero attached hydrogens (tertiary/aromatic N) is 2. The smallest absolute Gasteiger partial charge is 0.335 e. The zero-order valence-electron chi connectivity index (χ0n) is 11.4. The minimum Gasteiger partial charge on any atom is -0.478 e. The fourth-order valence-corrected chi connectivity index (χ4v) is 2.93. The van der Waals surface area contributed by atoms with E-state index in [1.54, 1.807) is 18.2 Å². The van der Waals surface area contributed by atoms with E-state index < -0.39 is 5.97 Å². The maximum atomic E-state index is 11.2. The van der Waals surface area contributed by atoms with Gasteiger partial charge in [-0.1, -0.05) is 13.0 Å². The number of carbonyl (C=O) groups is 1. The van der Waals surface area contributed by atoms with E-state index in [9.17, 15) is 9.90 Å². The van der Waals surface area contributed by atoms with E-state index in [4.69, 9.17) is 0 Å². The summed E-state index contributed by atoms with van der Waals surface area (Å²) in [6, 6.07) is 13.1. The van der Waals surface area contributed by atoms with Crippen LogP contribution in [0.5, 0.6) is 0 Å². The summed E-state index contributed by atoms with van der Waals surface area (Å²) >= 11 is 2.27. The Morgan fingerprint density at radius 3 is 2.76 bits per heavy atom. The van der Waals surface area contributed by atoms with E-state index in [2.05, 4.69) is 33.6 Å². The van der Waals surface area contributed by atoms with E-state index >= 15 is 0 Å². The Morgan fingerprint density at radius 1 is 1.29 bits per heavy atom. The number of fused-ring (bicyclic) bond motifs is 1. The highest BCUT2D eigenvalue weighted by Gasteiger charge is 2.13. The molecule has 3 aromatic rings. The van der Waals surface area contributed by atoms with E-state index in [0.717, 1.165) is 32.5 Å². The number of hydrogen-bond donors (Lipinski definition) is 1. The number of halogens is 1. The molecule has 5 heteroatoms. The predicted octanol–water partition coefficient (Wildman–Crippen LogP) is 3.89. The molecule has 0 fully saturated rings. The Kier molecular flexibility index (Phi) is 3.67. The molecule has 0 amide bonds. The van der Waals surface area contributed by atoms with Crippen molar-refractivity contribution >= 4 is 39.6 Å². The molecular formula is C16H13IN2O2. The van der Waals surface area contributed by atoms with Gasteiger partial charge in [0.1, 0.15) is 5.82 Å². The van der Waals surface area contributed by atoms with Gasteiger partial charge < -0.3 is 5.11 Å². The molecule has 0 saturated heterocycles. The first-order valence-electron chi connectivity index (χ1n) is 6.60. The van der Waals surface area contributed by atoms with Crippen LogP contribution in [0, 0.1) is 3.57 Å². The van der Waals surface area contributed by atoms with Crippen LogP contribution in [0.25, 0.3) is 16.7 Å². The zero-order valence-corrected chi connectivity index (χ0v) is 13.5. The molecule has 1 aromatic heterocycles. The first kappa shape index (κ1) is 14.1. The van der Waals surface area contributed by atoms with Gasteiger partial charge in [-0.15, -0.1) is 0 Å². The summed E-state index contributed by atoms with van der Waals surface area (Å²) in [6.07, 6.45) is 0.780. The fraction of sp³-hybridized carbons (Fsp3) is 0.125. The van der Waals surface area contributed by atoms with E-state index in [1.165, 1.54) is 0 Å². The average molecular weight is 392 g/mol. The minimum atomic E-state index is -0.926. The number of hydrogen-bond acceptors (Lipinski definition) is 2. The third kappa shape index (κ3) is 2.53. The molecule has 0 aliphatic carbocycles. The molecule has 0 aliphatic heterocycles. The normalized spacial score (nSPS) is 11.0. The second-order valence-electron chi connectivity index (χ2n) is 4.71. The quantitative estimate of drug-likeness (QED) is 0.689. The van der Waals surface area contributed by atoms with Crippen molar-refractivity contribution in [2.45, 2.75) is 13.3 Å². The lowest BCUT2D eigenvalue weighted by Gasteiger charge is -2.09. The largest absolute Gasteiger partial charge is 0.478 e. The molecule has 0 atom stereocenters. The number of aromatic nitrogens is 2. The number of rotatable bonds is 3. The Balaban J connectivity index is 2.32. The third-order valence-electron chi connectivity index (χ3n) is 3.35. The molecular weight excluding hydrogens is 379 g/mol. The van der Waals surface area contributed by atoms with E-state index in [0.29, 0.717) is 0 Å². The molecule has 0 radical (unpaired) electrons. The van der Waals surface area contributed by atoms with Crippen molar-refractivity contribution in [1.82, 2.24) is 9.55 Å². The second kappa shape index (κ2) is 5.48.